The Hall–Kier alpha value is -2.05. The van der Waals surface area contributed by atoms with Crippen molar-refractivity contribution in [2.75, 3.05) is 17.2 Å². The number of benzene rings is 1. The average molecular weight is 284 g/mol. The van der Waals surface area contributed by atoms with E-state index in [4.69, 9.17) is 5.73 Å². The van der Waals surface area contributed by atoms with E-state index in [9.17, 15) is 13.2 Å². The van der Waals surface area contributed by atoms with Crippen LogP contribution in [-0.4, -0.2) is 28.7 Å². The average Bonchev–Trinajstić information content (AvgIpc) is 2.34. The zero-order valence-electron chi connectivity index (χ0n) is 11.1. The number of nitrogen functional groups attached to an aromatic ring is 1. The minimum absolute atomic E-state index is 0.245. The Morgan fingerprint density at radius 2 is 1.95 bits per heavy atom. The van der Waals surface area contributed by atoms with Crippen molar-refractivity contribution in [1.29, 1.82) is 0 Å². The Morgan fingerprint density at radius 3 is 2.55 bits per heavy atom. The molecule has 0 amide bonds. The van der Waals surface area contributed by atoms with Gasteiger partial charge in [-0.1, -0.05) is 0 Å². The van der Waals surface area contributed by atoms with E-state index in [-0.39, 0.29) is 11.9 Å². The molecule has 2 aromatic rings. The maximum Gasteiger partial charge on any atom is 0.405 e. The van der Waals surface area contributed by atoms with Crippen LogP contribution in [0.2, 0.25) is 0 Å². The summed E-state index contributed by atoms with van der Waals surface area (Å²) in [7, 11) is 0. The smallest absolute Gasteiger partial charge is 0.399 e. The molecule has 0 radical (unpaired) electrons. The molecular weight excluding hydrogens is 269 g/mol. The molecule has 20 heavy (non-hydrogen) atoms. The van der Waals surface area contributed by atoms with Gasteiger partial charge in [0.05, 0.1) is 5.52 Å². The van der Waals surface area contributed by atoms with Crippen LogP contribution in [0.4, 0.5) is 24.7 Å². The number of nitrogens with zero attached hydrogens (tertiary/aromatic N) is 3. The number of anilines is 2. The van der Waals surface area contributed by atoms with E-state index >= 15 is 0 Å². The Bertz CT molecular complexity index is 610. The highest BCUT2D eigenvalue weighted by Gasteiger charge is 2.33. The van der Waals surface area contributed by atoms with E-state index in [1.807, 2.05) is 0 Å². The number of alkyl halides is 3. The number of hydrogen-bond acceptors (Lipinski definition) is 4. The van der Waals surface area contributed by atoms with Crippen molar-refractivity contribution in [1.82, 2.24) is 9.97 Å². The Balaban J connectivity index is 2.56. The van der Waals surface area contributed by atoms with Crippen molar-refractivity contribution in [3.05, 3.63) is 24.5 Å². The monoisotopic (exact) mass is 284 g/mol. The molecule has 0 saturated heterocycles. The second kappa shape index (κ2) is 5.15. The van der Waals surface area contributed by atoms with Crippen LogP contribution in [0.25, 0.3) is 10.9 Å². The first-order valence-electron chi connectivity index (χ1n) is 6.11. The van der Waals surface area contributed by atoms with Gasteiger partial charge in [-0.3, -0.25) is 0 Å². The van der Waals surface area contributed by atoms with Crippen LogP contribution in [0.5, 0.6) is 0 Å². The minimum atomic E-state index is -4.30. The van der Waals surface area contributed by atoms with Gasteiger partial charge in [-0.05, 0) is 32.0 Å². The molecular formula is C13H15F3N4. The van der Waals surface area contributed by atoms with Crippen molar-refractivity contribution in [3.63, 3.8) is 0 Å². The molecule has 108 valence electrons. The summed E-state index contributed by atoms with van der Waals surface area (Å²) in [5, 5.41) is 0.519. The number of halogens is 3. The van der Waals surface area contributed by atoms with E-state index in [0.717, 1.165) is 0 Å². The van der Waals surface area contributed by atoms with E-state index in [0.29, 0.717) is 16.6 Å². The molecule has 0 fully saturated rings. The molecule has 0 aliphatic rings. The molecule has 0 aliphatic carbocycles. The van der Waals surface area contributed by atoms with Gasteiger partial charge in [0.2, 0.25) is 0 Å². The van der Waals surface area contributed by atoms with Gasteiger partial charge in [0.1, 0.15) is 18.7 Å². The first kappa shape index (κ1) is 14.4. The van der Waals surface area contributed by atoms with Gasteiger partial charge in [-0.15, -0.1) is 0 Å². The van der Waals surface area contributed by atoms with E-state index in [1.54, 1.807) is 32.0 Å². The van der Waals surface area contributed by atoms with Crippen LogP contribution in [0.3, 0.4) is 0 Å². The SMILES string of the molecule is CC(C)N(CC(F)(F)F)c1ncnc2ccc(N)cc12. The van der Waals surface area contributed by atoms with Crippen LogP contribution in [-0.2, 0) is 0 Å². The Labute approximate surface area is 114 Å². The predicted molar refractivity (Wildman–Crippen MR) is 72.5 cm³/mol. The molecule has 0 saturated carbocycles. The lowest BCUT2D eigenvalue weighted by atomic mass is 10.2. The third-order valence-corrected chi connectivity index (χ3v) is 2.88. The third kappa shape index (κ3) is 3.09. The summed E-state index contributed by atoms with van der Waals surface area (Å²) in [6.45, 7) is 2.31. The maximum absolute atomic E-state index is 12.7. The second-order valence-corrected chi connectivity index (χ2v) is 4.81. The summed E-state index contributed by atoms with van der Waals surface area (Å²) >= 11 is 0. The topological polar surface area (TPSA) is 55.0 Å². The molecule has 0 unspecified atom stereocenters. The van der Waals surface area contributed by atoms with Crippen LogP contribution >= 0.6 is 0 Å². The fourth-order valence-electron chi connectivity index (χ4n) is 1.98. The molecule has 0 aliphatic heterocycles. The summed E-state index contributed by atoms with van der Waals surface area (Å²) in [4.78, 5) is 9.26. The molecule has 7 heteroatoms. The van der Waals surface area contributed by atoms with Crippen LogP contribution < -0.4 is 10.6 Å². The number of nitrogens with two attached hydrogens (primary N) is 1. The molecule has 0 spiro atoms. The molecule has 2 rings (SSSR count). The lowest BCUT2D eigenvalue weighted by Crippen LogP contribution is -2.39. The van der Waals surface area contributed by atoms with Crippen molar-refractivity contribution in [2.45, 2.75) is 26.1 Å². The van der Waals surface area contributed by atoms with Crippen molar-refractivity contribution < 1.29 is 13.2 Å². The fourth-order valence-corrected chi connectivity index (χ4v) is 1.98. The van der Waals surface area contributed by atoms with Gasteiger partial charge >= 0.3 is 6.18 Å². The summed E-state index contributed by atoms with van der Waals surface area (Å²) in [5.74, 6) is 0.245. The summed E-state index contributed by atoms with van der Waals surface area (Å²) in [6, 6.07) is 4.57. The molecule has 2 N–H and O–H groups in total. The highest BCUT2D eigenvalue weighted by molar-refractivity contribution is 5.91. The van der Waals surface area contributed by atoms with Crippen molar-refractivity contribution >= 4 is 22.4 Å². The Kier molecular flexibility index (Phi) is 3.69. The molecule has 4 nitrogen and oxygen atoms in total. The first-order valence-corrected chi connectivity index (χ1v) is 6.11. The summed E-state index contributed by atoms with van der Waals surface area (Å²) in [6.07, 6.45) is -3.04. The van der Waals surface area contributed by atoms with E-state index in [2.05, 4.69) is 9.97 Å². The highest BCUT2D eigenvalue weighted by atomic mass is 19.4. The maximum atomic E-state index is 12.7. The van der Waals surface area contributed by atoms with Crippen molar-refractivity contribution in [2.24, 2.45) is 0 Å². The van der Waals surface area contributed by atoms with Crippen LogP contribution in [0.1, 0.15) is 13.8 Å². The largest absolute Gasteiger partial charge is 0.405 e. The molecule has 1 aromatic carbocycles. The minimum Gasteiger partial charge on any atom is -0.399 e. The first-order chi connectivity index (χ1) is 9.28. The van der Waals surface area contributed by atoms with E-state index in [1.165, 1.54) is 11.2 Å². The van der Waals surface area contributed by atoms with Gasteiger partial charge in [0.25, 0.3) is 0 Å². The van der Waals surface area contributed by atoms with Crippen LogP contribution in [0, 0.1) is 0 Å². The van der Waals surface area contributed by atoms with Crippen LogP contribution in [0.15, 0.2) is 24.5 Å². The zero-order chi connectivity index (χ0) is 14.9. The van der Waals surface area contributed by atoms with Gasteiger partial charge in [-0.25, -0.2) is 9.97 Å². The number of fused-ring (bicyclic) bond motifs is 1. The lowest BCUT2D eigenvalue weighted by molar-refractivity contribution is -0.120. The van der Waals surface area contributed by atoms with E-state index < -0.39 is 12.7 Å². The lowest BCUT2D eigenvalue weighted by Gasteiger charge is -2.29. The number of hydrogen-bond donors (Lipinski definition) is 1. The summed E-state index contributed by atoms with van der Waals surface area (Å²) < 4.78 is 38.2. The standard InChI is InChI=1S/C13H15F3N4/c1-8(2)20(6-13(14,15)16)12-10-5-9(17)3-4-11(10)18-7-19-12/h3-5,7-8H,6,17H2,1-2H3. The quantitative estimate of drug-likeness (QED) is 0.880. The third-order valence-electron chi connectivity index (χ3n) is 2.88. The fraction of sp³-hybridized carbons (Fsp3) is 0.385. The van der Waals surface area contributed by atoms with Crippen molar-refractivity contribution in [3.8, 4) is 0 Å². The number of aromatic nitrogens is 2. The number of rotatable bonds is 3. The molecule has 1 heterocycles. The van der Waals surface area contributed by atoms with Gasteiger partial charge < -0.3 is 10.6 Å². The van der Waals surface area contributed by atoms with Gasteiger partial charge in [-0.2, -0.15) is 13.2 Å². The second-order valence-electron chi connectivity index (χ2n) is 4.81. The van der Waals surface area contributed by atoms with Gasteiger partial charge in [0, 0.05) is 17.1 Å². The molecule has 0 bridgehead atoms. The highest BCUT2D eigenvalue weighted by Crippen LogP contribution is 2.29. The molecule has 0 atom stereocenters. The van der Waals surface area contributed by atoms with Gasteiger partial charge in [0.15, 0.2) is 0 Å². The molecule has 1 aromatic heterocycles. The Morgan fingerprint density at radius 1 is 1.25 bits per heavy atom. The zero-order valence-corrected chi connectivity index (χ0v) is 11.1. The predicted octanol–water partition coefficient (Wildman–Crippen LogP) is 2.99. The summed E-state index contributed by atoms with van der Waals surface area (Å²) in [5.41, 5.74) is 6.73. The normalized spacial score (nSPS) is 12.1.